The van der Waals surface area contributed by atoms with Crippen LogP contribution in [0.2, 0.25) is 5.02 Å². The number of halogens is 1. The molecule has 7 heteroatoms. The maximum atomic E-state index is 10.7. The summed E-state index contributed by atoms with van der Waals surface area (Å²) in [4.78, 5) is 15.1. The van der Waals surface area contributed by atoms with Gasteiger partial charge in [-0.05, 0) is 31.5 Å². The summed E-state index contributed by atoms with van der Waals surface area (Å²) < 4.78 is 11.2. The van der Waals surface area contributed by atoms with Gasteiger partial charge in [0.25, 0.3) is 0 Å². The molecule has 0 saturated carbocycles. The quantitative estimate of drug-likeness (QED) is 0.703. The molecule has 3 rings (SSSR count). The lowest BCUT2D eigenvalue weighted by atomic mass is 10.1. The molecule has 0 aliphatic heterocycles. The Hall–Kier alpha value is -2.60. The van der Waals surface area contributed by atoms with Gasteiger partial charge in [0.15, 0.2) is 5.58 Å². The van der Waals surface area contributed by atoms with Crippen LogP contribution in [0.25, 0.3) is 11.0 Å². The number of aryl methyl sites for hydroxylation is 2. The fourth-order valence-electron chi connectivity index (χ4n) is 2.46. The van der Waals surface area contributed by atoms with E-state index in [1.54, 1.807) is 18.3 Å². The van der Waals surface area contributed by atoms with Gasteiger partial charge in [0, 0.05) is 24.1 Å². The number of hydrogen-bond acceptors (Lipinski definition) is 5. The predicted molar refractivity (Wildman–Crippen MR) is 93.0 cm³/mol. The van der Waals surface area contributed by atoms with Crippen LogP contribution in [0.1, 0.15) is 36.4 Å². The van der Waals surface area contributed by atoms with Crippen molar-refractivity contribution in [3.63, 3.8) is 0 Å². The van der Waals surface area contributed by atoms with Gasteiger partial charge in [-0.25, -0.2) is 0 Å². The second kappa shape index (κ2) is 7.11. The van der Waals surface area contributed by atoms with E-state index in [9.17, 15) is 4.79 Å². The summed E-state index contributed by atoms with van der Waals surface area (Å²) in [7, 11) is 0. The van der Waals surface area contributed by atoms with Crippen LogP contribution in [0, 0.1) is 6.92 Å². The summed E-state index contributed by atoms with van der Waals surface area (Å²) in [6, 6.07) is 7.23. The molecule has 0 bridgehead atoms. The average molecular weight is 361 g/mol. The topological polar surface area (TPSA) is 85.5 Å². The lowest BCUT2D eigenvalue weighted by Gasteiger charge is -2.15. The van der Waals surface area contributed by atoms with Crippen molar-refractivity contribution in [1.82, 2.24) is 10.1 Å². The van der Waals surface area contributed by atoms with Crippen molar-refractivity contribution in [1.29, 1.82) is 0 Å². The standard InChI is InChI=1S/C18H17ClN2O4/c1-10-3-4-14(20-9-10)11(2)24-17-8-16-12(7-13(17)19)15(21-25-16)5-6-18(22)23/h3-4,7-9,11H,5-6H2,1-2H3,(H,22,23)/t11-/m0/s1. The molecule has 0 fully saturated rings. The van der Waals surface area contributed by atoms with Gasteiger partial charge in [0.1, 0.15) is 11.9 Å². The number of aromatic nitrogens is 2. The van der Waals surface area contributed by atoms with E-state index in [4.69, 9.17) is 26.0 Å². The SMILES string of the molecule is Cc1ccc([C@H](C)Oc2cc3onc(CCC(=O)O)c3cc2Cl)nc1. The summed E-state index contributed by atoms with van der Waals surface area (Å²) >= 11 is 6.32. The third-order valence-electron chi connectivity index (χ3n) is 3.83. The normalized spacial score (nSPS) is 12.3. The molecule has 0 unspecified atom stereocenters. The zero-order chi connectivity index (χ0) is 18.0. The molecule has 0 aliphatic carbocycles. The van der Waals surface area contributed by atoms with E-state index in [-0.39, 0.29) is 18.9 Å². The molecule has 1 aromatic carbocycles. The molecule has 2 heterocycles. The van der Waals surface area contributed by atoms with Crippen LogP contribution in [-0.2, 0) is 11.2 Å². The molecular weight excluding hydrogens is 344 g/mol. The first-order valence-electron chi connectivity index (χ1n) is 7.83. The van der Waals surface area contributed by atoms with Gasteiger partial charge in [-0.1, -0.05) is 22.8 Å². The summed E-state index contributed by atoms with van der Waals surface area (Å²) in [6.07, 6.45) is 1.76. The van der Waals surface area contributed by atoms with Crippen molar-refractivity contribution in [2.75, 3.05) is 0 Å². The first-order valence-corrected chi connectivity index (χ1v) is 8.20. The van der Waals surface area contributed by atoms with Gasteiger partial charge in [0.05, 0.1) is 22.8 Å². The zero-order valence-electron chi connectivity index (χ0n) is 13.8. The molecule has 3 aromatic rings. The molecule has 2 aromatic heterocycles. The van der Waals surface area contributed by atoms with Crippen molar-refractivity contribution >= 4 is 28.5 Å². The van der Waals surface area contributed by atoms with Crippen molar-refractivity contribution in [2.45, 2.75) is 32.8 Å². The van der Waals surface area contributed by atoms with Crippen LogP contribution in [-0.4, -0.2) is 21.2 Å². The van der Waals surface area contributed by atoms with Gasteiger partial charge in [0.2, 0.25) is 0 Å². The number of aliphatic carboxylic acids is 1. The Labute approximate surface area is 149 Å². The van der Waals surface area contributed by atoms with Crippen LogP contribution in [0.3, 0.4) is 0 Å². The highest BCUT2D eigenvalue weighted by Gasteiger charge is 2.16. The van der Waals surface area contributed by atoms with Gasteiger partial charge in [-0.15, -0.1) is 0 Å². The van der Waals surface area contributed by atoms with Crippen LogP contribution < -0.4 is 4.74 Å². The maximum Gasteiger partial charge on any atom is 0.303 e. The fraction of sp³-hybridized carbons (Fsp3) is 0.278. The largest absolute Gasteiger partial charge is 0.483 e. The van der Waals surface area contributed by atoms with Crippen LogP contribution >= 0.6 is 11.6 Å². The molecule has 25 heavy (non-hydrogen) atoms. The summed E-state index contributed by atoms with van der Waals surface area (Å²) in [5, 5.41) is 13.8. The smallest absolute Gasteiger partial charge is 0.303 e. The molecule has 1 atom stereocenters. The molecule has 0 spiro atoms. The first kappa shape index (κ1) is 17.2. The highest BCUT2D eigenvalue weighted by Crippen LogP contribution is 2.34. The van der Waals surface area contributed by atoms with Gasteiger partial charge in [-0.2, -0.15) is 0 Å². The molecule has 130 valence electrons. The molecule has 0 saturated heterocycles. The Bertz CT molecular complexity index is 905. The Balaban J connectivity index is 1.83. The molecule has 1 N–H and O–H groups in total. The van der Waals surface area contributed by atoms with Crippen molar-refractivity contribution in [3.05, 3.63) is 52.4 Å². The molecule has 0 radical (unpaired) electrons. The number of pyridine rings is 1. The Morgan fingerprint density at radius 2 is 2.20 bits per heavy atom. The highest BCUT2D eigenvalue weighted by molar-refractivity contribution is 6.32. The minimum atomic E-state index is -0.887. The minimum absolute atomic E-state index is 0.0202. The fourth-order valence-corrected chi connectivity index (χ4v) is 2.66. The highest BCUT2D eigenvalue weighted by atomic mass is 35.5. The third kappa shape index (κ3) is 3.91. The monoisotopic (exact) mass is 360 g/mol. The van der Waals surface area contributed by atoms with Crippen LogP contribution in [0.4, 0.5) is 0 Å². The average Bonchev–Trinajstić information content (AvgIpc) is 2.95. The Morgan fingerprint density at radius 1 is 1.40 bits per heavy atom. The van der Waals surface area contributed by atoms with Gasteiger partial charge < -0.3 is 14.4 Å². The minimum Gasteiger partial charge on any atom is -0.483 e. The first-order chi connectivity index (χ1) is 11.9. The lowest BCUT2D eigenvalue weighted by molar-refractivity contribution is -0.136. The van der Waals surface area contributed by atoms with E-state index in [0.717, 1.165) is 11.3 Å². The second-order valence-corrected chi connectivity index (χ2v) is 6.23. The number of hydrogen-bond donors (Lipinski definition) is 1. The number of carboxylic acids is 1. The van der Waals surface area contributed by atoms with Crippen LogP contribution in [0.5, 0.6) is 5.75 Å². The van der Waals surface area contributed by atoms with Crippen LogP contribution in [0.15, 0.2) is 35.0 Å². The number of carboxylic acid groups (broad SMARTS) is 1. The number of benzene rings is 1. The molecule has 0 amide bonds. The number of rotatable bonds is 6. The van der Waals surface area contributed by atoms with Crippen molar-refractivity contribution in [3.8, 4) is 5.75 Å². The van der Waals surface area contributed by atoms with E-state index in [1.165, 1.54) is 0 Å². The van der Waals surface area contributed by atoms with Crippen molar-refractivity contribution in [2.24, 2.45) is 0 Å². The number of ether oxygens (including phenoxy) is 1. The van der Waals surface area contributed by atoms with Gasteiger partial charge >= 0.3 is 5.97 Å². The molecule has 6 nitrogen and oxygen atoms in total. The Kier molecular flexibility index (Phi) is 4.90. The van der Waals surface area contributed by atoms with E-state index >= 15 is 0 Å². The number of fused-ring (bicyclic) bond motifs is 1. The van der Waals surface area contributed by atoms with Gasteiger partial charge in [-0.3, -0.25) is 9.78 Å². The molecule has 0 aliphatic rings. The third-order valence-corrected chi connectivity index (χ3v) is 4.12. The number of nitrogens with zero attached hydrogens (tertiary/aromatic N) is 2. The molecular formula is C18H17ClN2O4. The van der Waals surface area contributed by atoms with E-state index < -0.39 is 5.97 Å². The second-order valence-electron chi connectivity index (χ2n) is 5.82. The van der Waals surface area contributed by atoms with E-state index in [2.05, 4.69) is 10.1 Å². The van der Waals surface area contributed by atoms with Crippen molar-refractivity contribution < 1.29 is 19.2 Å². The lowest BCUT2D eigenvalue weighted by Crippen LogP contribution is -2.05. The maximum absolute atomic E-state index is 10.7. The zero-order valence-corrected chi connectivity index (χ0v) is 14.6. The Morgan fingerprint density at radius 3 is 2.88 bits per heavy atom. The van der Waals surface area contributed by atoms with E-state index in [1.807, 2.05) is 26.0 Å². The number of carbonyl (C=O) groups is 1. The summed E-state index contributed by atoms with van der Waals surface area (Å²) in [5.74, 6) is -0.424. The summed E-state index contributed by atoms with van der Waals surface area (Å²) in [6.45, 7) is 3.86. The van der Waals surface area contributed by atoms with E-state index in [0.29, 0.717) is 27.4 Å². The summed E-state index contributed by atoms with van der Waals surface area (Å²) in [5.41, 5.74) is 2.94. The predicted octanol–water partition coefficient (Wildman–Crippen LogP) is 4.34.